The average molecular weight is 213 g/mol. The molecular weight excluding hydrogens is 200 g/mol. The van der Waals surface area contributed by atoms with Crippen LogP contribution in [0.4, 0.5) is 8.78 Å². The van der Waals surface area contributed by atoms with Crippen molar-refractivity contribution in [1.82, 2.24) is 5.32 Å². The van der Waals surface area contributed by atoms with Crippen LogP contribution in [0.1, 0.15) is 24.0 Å². The van der Waals surface area contributed by atoms with Gasteiger partial charge in [0.05, 0.1) is 0 Å². The Morgan fingerprint density at radius 1 is 1.47 bits per heavy atom. The van der Waals surface area contributed by atoms with E-state index in [2.05, 4.69) is 17.0 Å². The zero-order chi connectivity index (χ0) is 10.8. The smallest absolute Gasteiger partial charge is 0.387 e. The summed E-state index contributed by atoms with van der Waals surface area (Å²) < 4.78 is 28.3. The summed E-state index contributed by atoms with van der Waals surface area (Å²) in [6.07, 6.45) is 0. The zero-order valence-corrected chi connectivity index (χ0v) is 8.47. The summed E-state index contributed by atoms with van der Waals surface area (Å²) in [5, 5.41) is 3.23. The molecule has 0 saturated heterocycles. The van der Waals surface area contributed by atoms with Gasteiger partial charge >= 0.3 is 6.61 Å². The van der Waals surface area contributed by atoms with Gasteiger partial charge in [0, 0.05) is 13.1 Å². The molecule has 1 unspecified atom stereocenters. The van der Waals surface area contributed by atoms with E-state index < -0.39 is 6.61 Å². The van der Waals surface area contributed by atoms with Gasteiger partial charge < -0.3 is 10.1 Å². The van der Waals surface area contributed by atoms with Gasteiger partial charge in [-0.2, -0.15) is 8.78 Å². The number of halogens is 2. The van der Waals surface area contributed by atoms with Gasteiger partial charge in [-0.05, 0) is 29.2 Å². The summed E-state index contributed by atoms with van der Waals surface area (Å²) in [5.41, 5.74) is 2.27. The summed E-state index contributed by atoms with van der Waals surface area (Å²) in [7, 11) is 0. The van der Waals surface area contributed by atoms with Gasteiger partial charge in [0.25, 0.3) is 0 Å². The molecule has 82 valence electrons. The topological polar surface area (TPSA) is 21.3 Å². The SMILES string of the molecule is CC1CNCc2cc(OC(F)F)ccc21. The van der Waals surface area contributed by atoms with E-state index in [9.17, 15) is 8.78 Å². The predicted octanol–water partition coefficient (Wildman–Crippen LogP) is 2.49. The lowest BCUT2D eigenvalue weighted by Gasteiger charge is -2.23. The average Bonchev–Trinajstić information content (AvgIpc) is 2.17. The van der Waals surface area contributed by atoms with E-state index in [1.807, 2.05) is 6.07 Å². The molecule has 0 aromatic heterocycles. The maximum Gasteiger partial charge on any atom is 0.387 e. The minimum Gasteiger partial charge on any atom is -0.435 e. The van der Waals surface area contributed by atoms with E-state index in [0.717, 1.165) is 18.7 Å². The quantitative estimate of drug-likeness (QED) is 0.815. The van der Waals surface area contributed by atoms with E-state index in [1.165, 1.54) is 5.56 Å². The number of fused-ring (bicyclic) bond motifs is 1. The summed E-state index contributed by atoms with van der Waals surface area (Å²) in [6, 6.07) is 5.16. The van der Waals surface area contributed by atoms with Crippen LogP contribution >= 0.6 is 0 Å². The van der Waals surface area contributed by atoms with E-state index >= 15 is 0 Å². The normalized spacial score (nSPS) is 20.1. The number of alkyl halides is 2. The van der Waals surface area contributed by atoms with E-state index in [4.69, 9.17) is 0 Å². The van der Waals surface area contributed by atoms with Crippen LogP contribution in [0.25, 0.3) is 0 Å². The zero-order valence-electron chi connectivity index (χ0n) is 8.47. The van der Waals surface area contributed by atoms with E-state index in [-0.39, 0.29) is 5.75 Å². The van der Waals surface area contributed by atoms with Gasteiger partial charge in [0.2, 0.25) is 0 Å². The number of rotatable bonds is 2. The standard InChI is InChI=1S/C11H13F2NO/c1-7-5-14-6-8-4-9(15-11(12)13)2-3-10(7)8/h2-4,7,11,14H,5-6H2,1H3. The van der Waals surface area contributed by atoms with Crippen molar-refractivity contribution in [3.63, 3.8) is 0 Å². The van der Waals surface area contributed by atoms with Crippen LogP contribution in [0.5, 0.6) is 5.75 Å². The summed E-state index contributed by atoms with van der Waals surface area (Å²) in [6.45, 7) is 1.01. The van der Waals surface area contributed by atoms with Crippen molar-refractivity contribution in [2.75, 3.05) is 6.54 Å². The van der Waals surface area contributed by atoms with Crippen LogP contribution in [-0.2, 0) is 6.54 Å². The van der Waals surface area contributed by atoms with Crippen LogP contribution in [-0.4, -0.2) is 13.2 Å². The highest BCUT2D eigenvalue weighted by molar-refractivity contribution is 5.39. The number of hydrogen-bond acceptors (Lipinski definition) is 2. The summed E-state index contributed by atoms with van der Waals surface area (Å²) in [5.74, 6) is 0.661. The molecule has 1 aliphatic heterocycles. The van der Waals surface area contributed by atoms with Gasteiger partial charge in [-0.15, -0.1) is 0 Å². The molecule has 0 saturated carbocycles. The number of nitrogens with one attached hydrogen (secondary N) is 1. The molecule has 1 aromatic carbocycles. The Kier molecular flexibility index (Phi) is 2.86. The monoisotopic (exact) mass is 213 g/mol. The van der Waals surface area contributed by atoms with Crippen LogP contribution in [0.2, 0.25) is 0 Å². The Bertz CT molecular complexity index is 354. The third-order valence-corrected chi connectivity index (χ3v) is 2.64. The van der Waals surface area contributed by atoms with Gasteiger partial charge in [-0.25, -0.2) is 0 Å². The van der Waals surface area contributed by atoms with Crippen LogP contribution in [0.15, 0.2) is 18.2 Å². The summed E-state index contributed by atoms with van der Waals surface area (Å²) >= 11 is 0. The molecule has 1 N–H and O–H groups in total. The van der Waals surface area contributed by atoms with Crippen molar-refractivity contribution in [3.05, 3.63) is 29.3 Å². The Morgan fingerprint density at radius 2 is 2.27 bits per heavy atom. The third kappa shape index (κ3) is 2.26. The van der Waals surface area contributed by atoms with Crippen molar-refractivity contribution in [2.45, 2.75) is 26.0 Å². The first kappa shape index (κ1) is 10.4. The fourth-order valence-electron chi connectivity index (χ4n) is 1.93. The lowest BCUT2D eigenvalue weighted by Crippen LogP contribution is -2.26. The van der Waals surface area contributed by atoms with E-state index in [1.54, 1.807) is 12.1 Å². The second-order valence-corrected chi connectivity index (χ2v) is 3.77. The number of benzene rings is 1. The minimum absolute atomic E-state index is 0.236. The molecule has 15 heavy (non-hydrogen) atoms. The van der Waals surface area contributed by atoms with Gasteiger partial charge in [-0.1, -0.05) is 13.0 Å². The first-order valence-corrected chi connectivity index (χ1v) is 4.95. The van der Waals surface area contributed by atoms with Crippen molar-refractivity contribution in [3.8, 4) is 5.75 Å². The molecule has 0 aliphatic carbocycles. The molecular formula is C11H13F2NO. The molecule has 0 radical (unpaired) electrons. The second kappa shape index (κ2) is 4.14. The first-order chi connectivity index (χ1) is 7.16. The number of ether oxygens (including phenoxy) is 1. The third-order valence-electron chi connectivity index (χ3n) is 2.64. The molecule has 4 heteroatoms. The molecule has 2 rings (SSSR count). The molecule has 0 amide bonds. The molecule has 1 aromatic rings. The van der Waals surface area contributed by atoms with Crippen LogP contribution < -0.4 is 10.1 Å². The van der Waals surface area contributed by atoms with Gasteiger partial charge in [-0.3, -0.25) is 0 Å². The molecule has 1 atom stereocenters. The Labute approximate surface area is 87.2 Å². The Hall–Kier alpha value is -1.16. The summed E-state index contributed by atoms with van der Waals surface area (Å²) in [4.78, 5) is 0. The number of hydrogen-bond donors (Lipinski definition) is 1. The van der Waals surface area contributed by atoms with Crippen molar-refractivity contribution in [2.24, 2.45) is 0 Å². The Morgan fingerprint density at radius 3 is 3.00 bits per heavy atom. The molecule has 1 aliphatic rings. The highest BCUT2D eigenvalue weighted by Crippen LogP contribution is 2.27. The molecule has 0 bridgehead atoms. The van der Waals surface area contributed by atoms with Gasteiger partial charge in [0.15, 0.2) is 0 Å². The lowest BCUT2D eigenvalue weighted by atomic mass is 9.92. The first-order valence-electron chi connectivity index (χ1n) is 4.95. The van der Waals surface area contributed by atoms with Crippen molar-refractivity contribution >= 4 is 0 Å². The van der Waals surface area contributed by atoms with Crippen molar-refractivity contribution < 1.29 is 13.5 Å². The predicted molar refractivity (Wildman–Crippen MR) is 53.2 cm³/mol. The lowest BCUT2D eigenvalue weighted by molar-refractivity contribution is -0.0499. The fourth-order valence-corrected chi connectivity index (χ4v) is 1.93. The van der Waals surface area contributed by atoms with Crippen LogP contribution in [0.3, 0.4) is 0 Å². The van der Waals surface area contributed by atoms with Gasteiger partial charge in [0.1, 0.15) is 5.75 Å². The Balaban J connectivity index is 2.25. The maximum atomic E-state index is 12.0. The highest BCUT2D eigenvalue weighted by atomic mass is 19.3. The van der Waals surface area contributed by atoms with Crippen LogP contribution in [0, 0.1) is 0 Å². The minimum atomic E-state index is -2.75. The fraction of sp³-hybridized carbons (Fsp3) is 0.455. The molecule has 2 nitrogen and oxygen atoms in total. The maximum absolute atomic E-state index is 12.0. The molecule has 0 fully saturated rings. The largest absolute Gasteiger partial charge is 0.435 e. The second-order valence-electron chi connectivity index (χ2n) is 3.77. The molecule has 1 heterocycles. The van der Waals surface area contributed by atoms with Crippen molar-refractivity contribution in [1.29, 1.82) is 0 Å². The highest BCUT2D eigenvalue weighted by Gasteiger charge is 2.16. The van der Waals surface area contributed by atoms with E-state index in [0.29, 0.717) is 5.92 Å². The molecule has 0 spiro atoms.